The zero-order chi connectivity index (χ0) is 17.8. The molecule has 0 aliphatic carbocycles. The van der Waals surface area contributed by atoms with Crippen LogP contribution in [-0.4, -0.2) is 15.6 Å². The molecule has 4 aromatic carbocycles. The lowest BCUT2D eigenvalue weighted by molar-refractivity contribution is 0.324. The standard InChI is InChI=1S/C24H24OSi/c1-2-3-18-25-26(23-16-8-12-19-10-4-6-14-21(19)23)24-17-9-13-20-11-5-7-15-22(20)24/h4-17,26H,2-3,18H2,1H3. The molecule has 0 N–H and O–H groups in total. The molecule has 0 aliphatic rings. The lowest BCUT2D eigenvalue weighted by atomic mass is 10.1. The van der Waals surface area contributed by atoms with Gasteiger partial charge in [-0.2, -0.15) is 0 Å². The molecule has 0 bridgehead atoms. The Hall–Kier alpha value is -2.42. The van der Waals surface area contributed by atoms with Gasteiger partial charge in [-0.15, -0.1) is 0 Å². The first-order chi connectivity index (χ1) is 12.9. The minimum absolute atomic E-state index is 0.833. The Kier molecular flexibility index (Phi) is 5.14. The van der Waals surface area contributed by atoms with E-state index in [1.54, 1.807) is 0 Å². The molecule has 0 spiro atoms. The van der Waals surface area contributed by atoms with Gasteiger partial charge in [0.25, 0.3) is 0 Å². The average molecular weight is 357 g/mol. The van der Waals surface area contributed by atoms with Gasteiger partial charge in [-0.3, -0.25) is 0 Å². The fourth-order valence-corrected chi connectivity index (χ4v) is 6.41. The van der Waals surface area contributed by atoms with Crippen molar-refractivity contribution < 1.29 is 4.43 Å². The van der Waals surface area contributed by atoms with Crippen molar-refractivity contribution in [3.63, 3.8) is 0 Å². The summed E-state index contributed by atoms with van der Waals surface area (Å²) in [5.41, 5.74) is 0. The number of hydrogen-bond acceptors (Lipinski definition) is 1. The minimum Gasteiger partial charge on any atom is -0.411 e. The van der Waals surface area contributed by atoms with Gasteiger partial charge in [-0.05, 0) is 38.3 Å². The molecule has 0 atom stereocenters. The van der Waals surface area contributed by atoms with Gasteiger partial charge < -0.3 is 4.43 Å². The van der Waals surface area contributed by atoms with E-state index in [1.807, 2.05) is 0 Å². The van der Waals surface area contributed by atoms with Crippen LogP contribution in [0.3, 0.4) is 0 Å². The highest BCUT2D eigenvalue weighted by atomic mass is 28.3. The molecule has 0 radical (unpaired) electrons. The Bertz CT molecular complexity index is 935. The predicted molar refractivity (Wildman–Crippen MR) is 115 cm³/mol. The van der Waals surface area contributed by atoms with E-state index in [2.05, 4.69) is 91.9 Å². The molecule has 0 aliphatic heterocycles. The second kappa shape index (κ2) is 7.86. The molecule has 0 aromatic heterocycles. The summed E-state index contributed by atoms with van der Waals surface area (Å²) in [6.07, 6.45) is 2.27. The second-order valence-corrected chi connectivity index (χ2v) is 9.08. The number of benzene rings is 4. The minimum atomic E-state index is -1.78. The van der Waals surface area contributed by atoms with Crippen molar-refractivity contribution in [2.24, 2.45) is 0 Å². The van der Waals surface area contributed by atoms with Gasteiger partial charge in [0.05, 0.1) is 0 Å². The Morgan fingerprint density at radius 1 is 0.654 bits per heavy atom. The van der Waals surface area contributed by atoms with Crippen LogP contribution < -0.4 is 10.4 Å². The average Bonchev–Trinajstić information content (AvgIpc) is 2.71. The summed E-state index contributed by atoms with van der Waals surface area (Å²) < 4.78 is 6.61. The van der Waals surface area contributed by atoms with Crippen LogP contribution in [0.1, 0.15) is 19.8 Å². The van der Waals surface area contributed by atoms with E-state index in [0.29, 0.717) is 0 Å². The monoisotopic (exact) mass is 356 g/mol. The largest absolute Gasteiger partial charge is 0.411 e. The van der Waals surface area contributed by atoms with E-state index in [-0.39, 0.29) is 0 Å². The van der Waals surface area contributed by atoms with Gasteiger partial charge in [0.1, 0.15) is 0 Å². The van der Waals surface area contributed by atoms with E-state index >= 15 is 0 Å². The van der Waals surface area contributed by atoms with Gasteiger partial charge in [0.2, 0.25) is 9.04 Å². The van der Waals surface area contributed by atoms with Crippen molar-refractivity contribution >= 4 is 41.0 Å². The third-order valence-electron chi connectivity index (χ3n) is 4.99. The SMILES string of the molecule is CCCCO[SiH](c1cccc2ccccc12)c1cccc2ccccc12. The molecule has 0 saturated heterocycles. The van der Waals surface area contributed by atoms with Crippen LogP contribution in [0.4, 0.5) is 0 Å². The van der Waals surface area contributed by atoms with E-state index < -0.39 is 9.04 Å². The normalized spacial score (nSPS) is 11.5. The summed E-state index contributed by atoms with van der Waals surface area (Å²) in [4.78, 5) is 0. The molecule has 4 aromatic rings. The van der Waals surface area contributed by atoms with Gasteiger partial charge >= 0.3 is 0 Å². The molecule has 4 rings (SSSR count). The van der Waals surface area contributed by atoms with E-state index in [9.17, 15) is 0 Å². The Labute approximate surface area is 157 Å². The maximum absolute atomic E-state index is 6.61. The van der Waals surface area contributed by atoms with Crippen molar-refractivity contribution in [3.8, 4) is 0 Å². The summed E-state index contributed by atoms with van der Waals surface area (Å²) in [6, 6.07) is 30.6. The molecule has 26 heavy (non-hydrogen) atoms. The van der Waals surface area contributed by atoms with E-state index in [0.717, 1.165) is 19.4 Å². The maximum atomic E-state index is 6.61. The van der Waals surface area contributed by atoms with Crippen molar-refractivity contribution in [2.75, 3.05) is 6.61 Å². The summed E-state index contributed by atoms with van der Waals surface area (Å²) in [5, 5.41) is 8.02. The van der Waals surface area contributed by atoms with E-state index in [4.69, 9.17) is 4.43 Å². The highest BCUT2D eigenvalue weighted by Gasteiger charge is 2.22. The molecular formula is C24H24OSi. The zero-order valence-electron chi connectivity index (χ0n) is 15.2. The molecule has 1 nitrogen and oxygen atoms in total. The summed E-state index contributed by atoms with van der Waals surface area (Å²) in [5.74, 6) is 0. The number of unbranched alkanes of at least 4 members (excludes halogenated alkanes) is 1. The molecule has 0 amide bonds. The number of fused-ring (bicyclic) bond motifs is 2. The molecule has 2 heteroatoms. The lowest BCUT2D eigenvalue weighted by Crippen LogP contribution is -2.46. The lowest BCUT2D eigenvalue weighted by Gasteiger charge is -2.21. The maximum Gasteiger partial charge on any atom is 0.241 e. The topological polar surface area (TPSA) is 9.23 Å². The first-order valence-electron chi connectivity index (χ1n) is 9.45. The Morgan fingerprint density at radius 3 is 1.69 bits per heavy atom. The van der Waals surface area contributed by atoms with Gasteiger partial charge in [0, 0.05) is 6.61 Å². The molecule has 130 valence electrons. The van der Waals surface area contributed by atoms with Crippen molar-refractivity contribution in [3.05, 3.63) is 84.9 Å². The number of hydrogen-bond donors (Lipinski definition) is 0. The first kappa shape index (κ1) is 17.0. The highest BCUT2D eigenvalue weighted by molar-refractivity contribution is 6.83. The van der Waals surface area contributed by atoms with Crippen molar-refractivity contribution in [2.45, 2.75) is 19.8 Å². The van der Waals surface area contributed by atoms with E-state index in [1.165, 1.54) is 31.9 Å². The molecule has 0 heterocycles. The third kappa shape index (κ3) is 3.30. The Balaban J connectivity index is 1.89. The second-order valence-electron chi connectivity index (χ2n) is 6.74. The van der Waals surface area contributed by atoms with Crippen LogP contribution in [0, 0.1) is 0 Å². The smallest absolute Gasteiger partial charge is 0.241 e. The van der Waals surface area contributed by atoms with Crippen LogP contribution >= 0.6 is 0 Å². The van der Waals surface area contributed by atoms with Crippen molar-refractivity contribution in [1.82, 2.24) is 0 Å². The first-order valence-corrected chi connectivity index (χ1v) is 11.1. The summed E-state index contributed by atoms with van der Waals surface area (Å²) in [7, 11) is -1.78. The molecule has 0 saturated carbocycles. The van der Waals surface area contributed by atoms with Crippen molar-refractivity contribution in [1.29, 1.82) is 0 Å². The van der Waals surface area contributed by atoms with Crippen LogP contribution in [0.25, 0.3) is 21.5 Å². The highest BCUT2D eigenvalue weighted by Crippen LogP contribution is 2.16. The molecule has 0 fully saturated rings. The Morgan fingerprint density at radius 2 is 1.15 bits per heavy atom. The fraction of sp³-hybridized carbons (Fsp3) is 0.167. The van der Waals surface area contributed by atoms with Crippen LogP contribution in [0.5, 0.6) is 0 Å². The van der Waals surface area contributed by atoms with Gasteiger partial charge in [0.15, 0.2) is 0 Å². The summed E-state index contributed by atoms with van der Waals surface area (Å²) in [6.45, 7) is 3.05. The predicted octanol–water partition coefficient (Wildman–Crippen LogP) is 4.65. The third-order valence-corrected chi connectivity index (χ3v) is 7.70. The quantitative estimate of drug-likeness (QED) is 0.361. The van der Waals surface area contributed by atoms with Gasteiger partial charge in [-0.25, -0.2) is 0 Å². The molecule has 0 unspecified atom stereocenters. The summed E-state index contributed by atoms with van der Waals surface area (Å²) >= 11 is 0. The van der Waals surface area contributed by atoms with Crippen LogP contribution in [0.15, 0.2) is 84.9 Å². The fourth-order valence-electron chi connectivity index (χ4n) is 3.65. The van der Waals surface area contributed by atoms with Crippen LogP contribution in [0.2, 0.25) is 0 Å². The zero-order valence-corrected chi connectivity index (χ0v) is 16.3. The van der Waals surface area contributed by atoms with Gasteiger partial charge in [-0.1, -0.05) is 98.3 Å². The molecular weight excluding hydrogens is 332 g/mol. The number of rotatable bonds is 6. The van der Waals surface area contributed by atoms with Crippen LogP contribution in [-0.2, 0) is 4.43 Å².